The van der Waals surface area contributed by atoms with Gasteiger partial charge in [0.1, 0.15) is 5.82 Å². The number of anilines is 1. The van der Waals surface area contributed by atoms with Gasteiger partial charge in [0, 0.05) is 18.8 Å². The normalized spacial score (nSPS) is 23.5. The van der Waals surface area contributed by atoms with Gasteiger partial charge in [-0.1, -0.05) is 6.07 Å². The van der Waals surface area contributed by atoms with Crippen LogP contribution in [-0.2, 0) is 27.6 Å². The number of hydrogen-bond acceptors (Lipinski definition) is 4. The zero-order valence-corrected chi connectivity index (χ0v) is 17.8. The second-order valence-corrected chi connectivity index (χ2v) is 10.3. The first kappa shape index (κ1) is 20.4. The zero-order valence-electron chi connectivity index (χ0n) is 17.0. The van der Waals surface area contributed by atoms with Crippen molar-refractivity contribution < 1.29 is 22.3 Å². The molecule has 2 fully saturated rings. The Morgan fingerprint density at radius 3 is 2.35 bits per heavy atom. The van der Waals surface area contributed by atoms with Gasteiger partial charge in [-0.15, -0.1) is 0 Å². The molecule has 164 valence electrons. The Bertz CT molecular complexity index is 1090. The molecular formula is C22H24FN3O4S. The number of nitrogens with zero attached hydrogens (tertiary/aromatic N) is 2. The van der Waals surface area contributed by atoms with Gasteiger partial charge in [-0.05, 0) is 66.8 Å². The van der Waals surface area contributed by atoms with Crippen LogP contribution in [0.5, 0.6) is 0 Å². The van der Waals surface area contributed by atoms with Crippen LogP contribution in [0.2, 0.25) is 0 Å². The first-order valence-corrected chi connectivity index (χ1v) is 11.9. The van der Waals surface area contributed by atoms with Crippen LogP contribution in [0, 0.1) is 5.82 Å². The Balaban J connectivity index is 1.25. The fourth-order valence-electron chi connectivity index (χ4n) is 4.62. The molecule has 0 saturated carbocycles. The van der Waals surface area contributed by atoms with E-state index in [1.807, 2.05) is 12.1 Å². The van der Waals surface area contributed by atoms with Gasteiger partial charge in [-0.3, -0.25) is 0 Å². The lowest BCUT2D eigenvalue weighted by molar-refractivity contribution is -0.110. The zero-order chi connectivity index (χ0) is 21.6. The van der Waals surface area contributed by atoms with Crippen molar-refractivity contribution in [2.24, 2.45) is 0 Å². The largest absolute Gasteiger partial charge is 0.369 e. The fraction of sp³-hybridized carbons (Fsp3) is 0.409. The Morgan fingerprint density at radius 1 is 0.968 bits per heavy atom. The topological polar surface area (TPSA) is 79.0 Å². The molecule has 0 aromatic heterocycles. The molecule has 3 aliphatic rings. The summed E-state index contributed by atoms with van der Waals surface area (Å²) >= 11 is 0. The maximum Gasteiger partial charge on any atom is 0.322 e. The minimum absolute atomic E-state index is 0.0556. The third kappa shape index (κ3) is 4.05. The van der Waals surface area contributed by atoms with Crippen molar-refractivity contribution in [3.05, 3.63) is 59.4 Å². The minimum atomic E-state index is -3.75. The molecule has 31 heavy (non-hydrogen) atoms. The highest BCUT2D eigenvalue weighted by molar-refractivity contribution is 7.89. The van der Waals surface area contributed by atoms with Crippen LogP contribution in [0.25, 0.3) is 0 Å². The standard InChI is InChI=1S/C22H24FN3O4S/c23-17-5-8-21(9-6-17)31(28,29)26-13-19-11-25(12-20(14-26)30-19)22(27)24-18-7-4-15-2-1-3-16(15)10-18/h4-10,19-20H,1-3,11-14H2,(H,24,27)/t19-,20+. The van der Waals surface area contributed by atoms with Gasteiger partial charge < -0.3 is 15.0 Å². The van der Waals surface area contributed by atoms with Gasteiger partial charge >= 0.3 is 6.03 Å². The number of fused-ring (bicyclic) bond motifs is 3. The van der Waals surface area contributed by atoms with Gasteiger partial charge in [0.2, 0.25) is 10.0 Å². The van der Waals surface area contributed by atoms with Crippen LogP contribution in [0.15, 0.2) is 47.4 Å². The molecule has 2 aliphatic heterocycles. The maximum atomic E-state index is 13.2. The van der Waals surface area contributed by atoms with Crippen molar-refractivity contribution in [2.45, 2.75) is 36.4 Å². The molecule has 2 amide bonds. The third-order valence-corrected chi connectivity index (χ3v) is 7.98. The van der Waals surface area contributed by atoms with Crippen molar-refractivity contribution in [1.82, 2.24) is 9.21 Å². The van der Waals surface area contributed by atoms with Gasteiger partial charge in [-0.25, -0.2) is 17.6 Å². The van der Waals surface area contributed by atoms with E-state index in [2.05, 4.69) is 11.4 Å². The molecule has 2 heterocycles. The van der Waals surface area contributed by atoms with Crippen LogP contribution < -0.4 is 5.32 Å². The van der Waals surface area contributed by atoms with Gasteiger partial charge in [0.25, 0.3) is 0 Å². The molecule has 2 aromatic rings. The summed E-state index contributed by atoms with van der Waals surface area (Å²) in [7, 11) is -3.75. The molecule has 2 atom stereocenters. The lowest BCUT2D eigenvalue weighted by Gasteiger charge is -2.45. The number of urea groups is 1. The molecular weight excluding hydrogens is 421 g/mol. The van der Waals surface area contributed by atoms with Crippen molar-refractivity contribution in [2.75, 3.05) is 31.5 Å². The number of carbonyl (C=O) groups excluding carboxylic acids is 1. The fourth-order valence-corrected chi connectivity index (χ4v) is 6.13. The molecule has 9 heteroatoms. The summed E-state index contributed by atoms with van der Waals surface area (Å²) in [5, 5.41) is 2.97. The maximum absolute atomic E-state index is 13.2. The molecule has 5 rings (SSSR count). The average molecular weight is 446 g/mol. The third-order valence-electron chi connectivity index (χ3n) is 6.14. The number of rotatable bonds is 3. The molecule has 0 spiro atoms. The predicted molar refractivity (Wildman–Crippen MR) is 113 cm³/mol. The van der Waals surface area contributed by atoms with E-state index in [4.69, 9.17) is 4.74 Å². The summed E-state index contributed by atoms with van der Waals surface area (Å²) < 4.78 is 46.3. The Morgan fingerprint density at radius 2 is 1.65 bits per heavy atom. The SMILES string of the molecule is O=C(Nc1ccc2c(c1)CCC2)N1C[C@@H]2CN(S(=O)(=O)c3ccc(F)cc3)C[C@H](C1)O2. The summed E-state index contributed by atoms with van der Waals surface area (Å²) in [4.78, 5) is 14.6. The van der Waals surface area contributed by atoms with Gasteiger partial charge in [-0.2, -0.15) is 4.31 Å². The van der Waals surface area contributed by atoms with Crippen molar-refractivity contribution in [3.8, 4) is 0 Å². The molecule has 2 saturated heterocycles. The first-order valence-electron chi connectivity index (χ1n) is 10.5. The quantitative estimate of drug-likeness (QED) is 0.788. The minimum Gasteiger partial charge on any atom is -0.369 e. The molecule has 1 aliphatic carbocycles. The number of ether oxygens (including phenoxy) is 1. The highest BCUT2D eigenvalue weighted by Crippen LogP contribution is 2.27. The Kier molecular flexibility index (Phi) is 5.19. The smallest absolute Gasteiger partial charge is 0.322 e. The van der Waals surface area contributed by atoms with Crippen LogP contribution in [-0.4, -0.2) is 62.0 Å². The lowest BCUT2D eigenvalue weighted by Crippen LogP contribution is -2.61. The van der Waals surface area contributed by atoms with E-state index in [1.165, 1.54) is 27.6 Å². The summed E-state index contributed by atoms with van der Waals surface area (Å²) in [5.41, 5.74) is 3.42. The van der Waals surface area contributed by atoms with E-state index in [1.54, 1.807) is 4.90 Å². The molecule has 0 unspecified atom stereocenters. The van der Waals surface area contributed by atoms with Crippen molar-refractivity contribution in [3.63, 3.8) is 0 Å². The first-order chi connectivity index (χ1) is 14.9. The number of carbonyl (C=O) groups is 1. The van der Waals surface area contributed by atoms with Crippen molar-refractivity contribution >= 4 is 21.7 Å². The molecule has 2 aromatic carbocycles. The van der Waals surface area contributed by atoms with E-state index >= 15 is 0 Å². The monoisotopic (exact) mass is 445 g/mol. The van der Waals surface area contributed by atoms with Crippen LogP contribution in [0.3, 0.4) is 0 Å². The highest BCUT2D eigenvalue weighted by atomic mass is 32.2. The molecule has 1 N–H and O–H groups in total. The summed E-state index contributed by atoms with van der Waals surface area (Å²) in [6.45, 7) is 0.920. The number of halogens is 1. The number of sulfonamides is 1. The summed E-state index contributed by atoms with van der Waals surface area (Å²) in [6, 6.07) is 10.7. The van der Waals surface area contributed by atoms with E-state index in [0.29, 0.717) is 13.1 Å². The Hall–Kier alpha value is -2.49. The van der Waals surface area contributed by atoms with E-state index in [0.717, 1.165) is 37.1 Å². The van der Waals surface area contributed by atoms with E-state index in [9.17, 15) is 17.6 Å². The number of aryl methyl sites for hydroxylation is 2. The van der Waals surface area contributed by atoms with Gasteiger partial charge in [0.05, 0.1) is 30.2 Å². The van der Waals surface area contributed by atoms with Crippen LogP contribution >= 0.6 is 0 Å². The van der Waals surface area contributed by atoms with Gasteiger partial charge in [0.15, 0.2) is 0 Å². The second-order valence-electron chi connectivity index (χ2n) is 8.33. The lowest BCUT2D eigenvalue weighted by atomic mass is 10.1. The van der Waals surface area contributed by atoms with E-state index in [-0.39, 0.29) is 24.0 Å². The van der Waals surface area contributed by atoms with Crippen LogP contribution in [0.4, 0.5) is 14.9 Å². The molecule has 2 bridgehead atoms. The second kappa shape index (κ2) is 7.89. The average Bonchev–Trinajstić information content (AvgIpc) is 3.21. The van der Waals surface area contributed by atoms with Crippen molar-refractivity contribution in [1.29, 1.82) is 0 Å². The predicted octanol–water partition coefficient (Wildman–Crippen LogP) is 2.62. The molecule has 7 nitrogen and oxygen atoms in total. The number of hydrogen-bond donors (Lipinski definition) is 1. The summed E-state index contributed by atoms with van der Waals surface area (Å²) in [5.74, 6) is -0.483. The van der Waals surface area contributed by atoms with E-state index < -0.39 is 28.0 Å². The van der Waals surface area contributed by atoms with Crippen LogP contribution in [0.1, 0.15) is 17.5 Å². The number of nitrogens with one attached hydrogen (secondary N) is 1. The molecule has 0 radical (unpaired) electrons. The summed E-state index contributed by atoms with van der Waals surface area (Å²) in [6.07, 6.45) is 2.46. The number of morpholine rings is 2. The Labute approximate surface area is 180 Å². The highest BCUT2D eigenvalue weighted by Gasteiger charge is 2.41. The number of amides is 2. The number of benzene rings is 2.